The Balaban J connectivity index is 1.05. The van der Waals surface area contributed by atoms with E-state index in [0.29, 0.717) is 72.7 Å². The molecule has 0 N–H and O–H groups in total. The Hall–Kier alpha value is -0.720. The van der Waals surface area contributed by atoms with Gasteiger partial charge in [0.15, 0.2) is 0 Å². The van der Waals surface area contributed by atoms with E-state index in [1.165, 1.54) is 25.7 Å². The Bertz CT molecular complexity index is 1240. The molecule has 0 heterocycles. The third-order valence-electron chi connectivity index (χ3n) is 16.9. The van der Waals surface area contributed by atoms with Crippen LogP contribution < -0.4 is 0 Å². The molecule has 7 saturated carbocycles. The zero-order valence-corrected chi connectivity index (χ0v) is 34.3. The second-order valence-electron chi connectivity index (χ2n) is 20.0. The smallest absolute Gasteiger partial charge is 0.378 e. The molecule has 0 aromatic carbocycles. The molecule has 0 aromatic heterocycles. The SMILES string of the molecule is CCOC1CCC2CC(C3CCC(OC(F)(F)F)C(F)C3)CCC2C1C1C(OCCC2CCC(C)CC2)CCC2CC(C3CCC(OC(F)(F)F)C(F)C3)CCC21. The lowest BCUT2D eigenvalue weighted by Gasteiger charge is -2.57. The summed E-state index contributed by atoms with van der Waals surface area (Å²) in [6, 6.07) is 0. The first-order valence-electron chi connectivity index (χ1n) is 23.2. The van der Waals surface area contributed by atoms with E-state index in [0.717, 1.165) is 83.2 Å². The summed E-state index contributed by atoms with van der Waals surface area (Å²) < 4.78 is 130. The lowest BCUT2D eigenvalue weighted by Crippen LogP contribution is -2.55. The topological polar surface area (TPSA) is 36.9 Å². The van der Waals surface area contributed by atoms with Crippen molar-refractivity contribution in [2.24, 2.45) is 71.0 Å². The Morgan fingerprint density at radius 1 is 0.456 bits per heavy atom. The molecule has 4 nitrogen and oxygen atoms in total. The van der Waals surface area contributed by atoms with E-state index >= 15 is 8.78 Å². The lowest BCUT2D eigenvalue weighted by atomic mass is 9.50. The zero-order valence-electron chi connectivity index (χ0n) is 34.3. The van der Waals surface area contributed by atoms with Gasteiger partial charge in [-0.1, -0.05) is 32.6 Å². The molecule has 16 unspecified atom stereocenters. The van der Waals surface area contributed by atoms with Crippen LogP contribution in [0.15, 0.2) is 0 Å². The molecule has 12 heteroatoms. The van der Waals surface area contributed by atoms with Crippen LogP contribution in [0.1, 0.15) is 149 Å². The van der Waals surface area contributed by atoms with Gasteiger partial charge >= 0.3 is 12.7 Å². The van der Waals surface area contributed by atoms with Crippen LogP contribution in [-0.4, -0.2) is 62.7 Å². The van der Waals surface area contributed by atoms with Gasteiger partial charge in [-0.15, -0.1) is 26.3 Å². The summed E-state index contributed by atoms with van der Waals surface area (Å²) in [5.41, 5.74) is 0. The predicted octanol–water partition coefficient (Wildman–Crippen LogP) is 13.0. The minimum absolute atomic E-state index is 0.0733. The second kappa shape index (κ2) is 19.1. The number of hydrogen-bond acceptors (Lipinski definition) is 4. The standard InChI is InChI=1S/C45H70F8O4/c1-3-54-40-18-12-32-22-28(30-10-16-38(36(46)24-30)56-44(48,49)50)8-14-34(32)42(40)43-35-15-9-29(31-11-17-39(37(47)25-31)57-45(51,52)53)23-33(35)13-19-41(43)55-21-20-27-6-4-26(2)5-7-27/h26-43H,3-25H2,1-2H3. The largest absolute Gasteiger partial charge is 0.522 e. The van der Waals surface area contributed by atoms with Crippen molar-refractivity contribution in [1.29, 1.82) is 0 Å². The minimum atomic E-state index is -4.83. The van der Waals surface area contributed by atoms with Crippen molar-refractivity contribution < 1.29 is 54.1 Å². The second-order valence-corrected chi connectivity index (χ2v) is 20.0. The van der Waals surface area contributed by atoms with Gasteiger partial charge in [0.2, 0.25) is 0 Å². The van der Waals surface area contributed by atoms with Gasteiger partial charge in [-0.3, -0.25) is 9.47 Å². The zero-order chi connectivity index (χ0) is 40.5. The summed E-state index contributed by atoms with van der Waals surface area (Å²) in [6.45, 7) is 5.84. The molecule has 57 heavy (non-hydrogen) atoms. The summed E-state index contributed by atoms with van der Waals surface area (Å²) in [4.78, 5) is 0. The molecule has 0 aromatic rings. The van der Waals surface area contributed by atoms with Gasteiger partial charge in [0, 0.05) is 13.2 Å². The Morgan fingerprint density at radius 3 is 1.30 bits per heavy atom. The monoisotopic (exact) mass is 827 g/mol. The van der Waals surface area contributed by atoms with Gasteiger partial charge in [0.05, 0.1) is 24.4 Å². The van der Waals surface area contributed by atoms with Crippen molar-refractivity contribution in [2.75, 3.05) is 13.2 Å². The van der Waals surface area contributed by atoms with E-state index in [-0.39, 0.29) is 49.7 Å². The number of alkyl halides is 8. The van der Waals surface area contributed by atoms with E-state index in [1.807, 2.05) is 0 Å². The van der Waals surface area contributed by atoms with Crippen molar-refractivity contribution in [3.63, 3.8) is 0 Å². The van der Waals surface area contributed by atoms with E-state index < -0.39 is 37.3 Å². The molecule has 0 radical (unpaired) electrons. The fourth-order valence-corrected chi connectivity index (χ4v) is 14.2. The quantitative estimate of drug-likeness (QED) is 0.195. The third-order valence-corrected chi connectivity index (χ3v) is 16.9. The van der Waals surface area contributed by atoms with Crippen molar-refractivity contribution in [2.45, 2.75) is 198 Å². The van der Waals surface area contributed by atoms with Gasteiger partial charge in [-0.2, -0.15) is 0 Å². The summed E-state index contributed by atoms with van der Waals surface area (Å²) in [6.07, 6.45) is 2.40. The third kappa shape index (κ3) is 11.2. The highest BCUT2D eigenvalue weighted by Crippen LogP contribution is 2.59. The van der Waals surface area contributed by atoms with Crippen LogP contribution in [0.3, 0.4) is 0 Å². The van der Waals surface area contributed by atoms with Crippen molar-refractivity contribution in [1.82, 2.24) is 0 Å². The van der Waals surface area contributed by atoms with Gasteiger partial charge in [0.1, 0.15) is 12.3 Å². The summed E-state index contributed by atoms with van der Waals surface area (Å²) in [5, 5.41) is 0. The number of fused-ring (bicyclic) bond motifs is 2. The average Bonchev–Trinajstić information content (AvgIpc) is 3.16. The highest BCUT2D eigenvalue weighted by atomic mass is 19.4. The number of ether oxygens (including phenoxy) is 4. The first-order chi connectivity index (χ1) is 27.2. The molecule has 7 aliphatic rings. The lowest BCUT2D eigenvalue weighted by molar-refractivity contribution is -0.352. The summed E-state index contributed by atoms with van der Waals surface area (Å²) in [5.74, 6) is 4.74. The highest BCUT2D eigenvalue weighted by molar-refractivity contribution is 5.04. The van der Waals surface area contributed by atoms with Crippen LogP contribution in [0.5, 0.6) is 0 Å². The molecule has 330 valence electrons. The maximum absolute atomic E-state index is 15.1. The van der Waals surface area contributed by atoms with Crippen LogP contribution >= 0.6 is 0 Å². The van der Waals surface area contributed by atoms with Crippen molar-refractivity contribution in [3.05, 3.63) is 0 Å². The van der Waals surface area contributed by atoms with Gasteiger partial charge in [0.25, 0.3) is 0 Å². The van der Waals surface area contributed by atoms with Gasteiger partial charge in [-0.05, 0) is 187 Å². The molecule has 0 saturated heterocycles. The minimum Gasteiger partial charge on any atom is -0.378 e. The van der Waals surface area contributed by atoms with Crippen LogP contribution in [0, 0.1) is 71.0 Å². The normalized spacial score (nSPS) is 46.2. The Labute approximate surface area is 336 Å². The van der Waals surface area contributed by atoms with Gasteiger partial charge < -0.3 is 9.47 Å². The Morgan fingerprint density at radius 2 is 0.860 bits per heavy atom. The molecule has 0 amide bonds. The van der Waals surface area contributed by atoms with E-state index in [9.17, 15) is 26.3 Å². The number of hydrogen-bond donors (Lipinski definition) is 0. The van der Waals surface area contributed by atoms with E-state index in [2.05, 4.69) is 23.3 Å². The maximum atomic E-state index is 15.1. The van der Waals surface area contributed by atoms with Gasteiger partial charge in [-0.25, -0.2) is 8.78 Å². The molecule has 0 spiro atoms. The fraction of sp³-hybridized carbons (Fsp3) is 1.00. The first-order valence-corrected chi connectivity index (χ1v) is 23.2. The molecule has 0 bridgehead atoms. The highest BCUT2D eigenvalue weighted by Gasteiger charge is 2.55. The molecule has 16 atom stereocenters. The van der Waals surface area contributed by atoms with Crippen LogP contribution in [0.2, 0.25) is 0 Å². The average molecular weight is 827 g/mol. The maximum Gasteiger partial charge on any atom is 0.522 e. The van der Waals surface area contributed by atoms with Crippen LogP contribution in [0.25, 0.3) is 0 Å². The Kier molecular flexibility index (Phi) is 14.9. The van der Waals surface area contributed by atoms with Crippen molar-refractivity contribution in [3.8, 4) is 0 Å². The molecular formula is C45H70F8O4. The molecule has 0 aliphatic heterocycles. The molecule has 7 rings (SSSR count). The molecular weight excluding hydrogens is 756 g/mol. The summed E-state index contributed by atoms with van der Waals surface area (Å²) >= 11 is 0. The van der Waals surface area contributed by atoms with E-state index in [4.69, 9.17) is 9.47 Å². The van der Waals surface area contributed by atoms with Crippen LogP contribution in [-0.2, 0) is 18.9 Å². The number of halogens is 8. The van der Waals surface area contributed by atoms with Crippen LogP contribution in [0.4, 0.5) is 35.1 Å². The van der Waals surface area contributed by atoms with E-state index in [1.54, 1.807) is 0 Å². The summed E-state index contributed by atoms with van der Waals surface area (Å²) in [7, 11) is 0. The number of rotatable bonds is 11. The fourth-order valence-electron chi connectivity index (χ4n) is 14.2. The predicted molar refractivity (Wildman–Crippen MR) is 201 cm³/mol. The van der Waals surface area contributed by atoms with Crippen molar-refractivity contribution >= 4 is 0 Å². The molecule has 7 aliphatic carbocycles. The molecule has 7 fully saturated rings. The first kappa shape index (κ1) is 44.3.